The summed E-state index contributed by atoms with van der Waals surface area (Å²) in [5.41, 5.74) is 1.52. The van der Waals surface area contributed by atoms with Crippen molar-refractivity contribution in [2.45, 2.75) is 0 Å². The van der Waals surface area contributed by atoms with E-state index in [0.717, 1.165) is 10.9 Å². The summed E-state index contributed by atoms with van der Waals surface area (Å²) in [5, 5.41) is 12.3. The monoisotopic (exact) mass is 259 g/mol. The maximum atomic E-state index is 10.1. The zero-order valence-corrected chi connectivity index (χ0v) is 10.4. The lowest BCUT2D eigenvalue weighted by molar-refractivity contribution is 0.376. The lowest BCUT2D eigenvalue weighted by Crippen LogP contribution is -1.87. The normalized spacial score (nSPS) is 11.0. The molecule has 1 heterocycles. The number of phenols is 1. The van der Waals surface area contributed by atoms with Gasteiger partial charge in [-0.05, 0) is 30.3 Å². The minimum Gasteiger partial charge on any atom is -0.504 e. The van der Waals surface area contributed by atoms with Gasteiger partial charge >= 0.3 is 0 Å². The molecular weight excluding hydrogens is 250 g/mol. The molecule has 0 atom stereocenters. The average molecular weight is 260 g/mol. The third kappa shape index (κ3) is 1.64. The van der Waals surface area contributed by atoms with Crippen molar-refractivity contribution >= 4 is 33.4 Å². The molecule has 0 unspecified atom stereocenters. The van der Waals surface area contributed by atoms with Gasteiger partial charge in [0.25, 0.3) is 0 Å². The average Bonchev–Trinajstić information content (AvgIpc) is 2.37. The summed E-state index contributed by atoms with van der Waals surface area (Å²) in [4.78, 5) is 4.47. The second-order valence-corrected chi connectivity index (χ2v) is 4.44. The number of benzene rings is 2. The second kappa shape index (κ2) is 4.03. The summed E-state index contributed by atoms with van der Waals surface area (Å²) >= 11 is 5.94. The summed E-state index contributed by atoms with van der Waals surface area (Å²) in [6.45, 7) is 0. The quantitative estimate of drug-likeness (QED) is 0.677. The number of methoxy groups -OCH3 is 1. The predicted molar refractivity (Wildman–Crippen MR) is 72.5 cm³/mol. The third-order valence-corrected chi connectivity index (χ3v) is 3.15. The van der Waals surface area contributed by atoms with E-state index >= 15 is 0 Å². The standard InChI is InChI=1S/C14H10ClNO2/c1-18-13-5-4-11-10(14(13)17)6-8-2-3-9(15)7-12(8)16-11/h2-7,17H,1H3. The van der Waals surface area contributed by atoms with Crippen LogP contribution in [-0.2, 0) is 0 Å². The summed E-state index contributed by atoms with van der Waals surface area (Å²) in [6.07, 6.45) is 0. The summed E-state index contributed by atoms with van der Waals surface area (Å²) in [7, 11) is 1.52. The Morgan fingerprint density at radius 2 is 1.94 bits per heavy atom. The lowest BCUT2D eigenvalue weighted by atomic mass is 10.1. The van der Waals surface area contributed by atoms with Crippen molar-refractivity contribution in [3.8, 4) is 11.5 Å². The van der Waals surface area contributed by atoms with Crippen molar-refractivity contribution in [2.24, 2.45) is 0 Å². The van der Waals surface area contributed by atoms with Crippen LogP contribution in [0.1, 0.15) is 0 Å². The molecule has 0 aliphatic heterocycles. The van der Waals surface area contributed by atoms with Crippen LogP contribution in [-0.4, -0.2) is 17.2 Å². The number of fused-ring (bicyclic) bond motifs is 2. The SMILES string of the molecule is COc1ccc2nc3cc(Cl)ccc3cc2c1O. The van der Waals surface area contributed by atoms with Crippen LogP contribution < -0.4 is 4.74 Å². The van der Waals surface area contributed by atoms with Crippen molar-refractivity contribution < 1.29 is 9.84 Å². The topological polar surface area (TPSA) is 42.4 Å². The molecule has 90 valence electrons. The zero-order valence-electron chi connectivity index (χ0n) is 9.64. The first-order chi connectivity index (χ1) is 8.69. The first-order valence-electron chi connectivity index (χ1n) is 5.45. The number of aromatic hydroxyl groups is 1. The fourth-order valence-electron chi connectivity index (χ4n) is 2.00. The summed E-state index contributed by atoms with van der Waals surface area (Å²) in [6, 6.07) is 10.9. The molecule has 4 heteroatoms. The van der Waals surface area contributed by atoms with Crippen LogP contribution in [0.4, 0.5) is 0 Å². The molecule has 0 bridgehead atoms. The van der Waals surface area contributed by atoms with Gasteiger partial charge < -0.3 is 9.84 Å². The van der Waals surface area contributed by atoms with Crippen LogP contribution in [0.15, 0.2) is 36.4 Å². The minimum atomic E-state index is 0.111. The maximum Gasteiger partial charge on any atom is 0.167 e. The number of phenolic OH excluding ortho intramolecular Hbond substituents is 1. The lowest BCUT2D eigenvalue weighted by Gasteiger charge is -2.07. The van der Waals surface area contributed by atoms with E-state index in [1.54, 1.807) is 18.2 Å². The predicted octanol–water partition coefficient (Wildman–Crippen LogP) is 3.76. The van der Waals surface area contributed by atoms with Crippen molar-refractivity contribution in [3.63, 3.8) is 0 Å². The van der Waals surface area contributed by atoms with Crippen molar-refractivity contribution in [1.29, 1.82) is 0 Å². The molecule has 1 aromatic heterocycles. The second-order valence-electron chi connectivity index (χ2n) is 4.01. The fraction of sp³-hybridized carbons (Fsp3) is 0.0714. The zero-order chi connectivity index (χ0) is 12.7. The van der Waals surface area contributed by atoms with E-state index in [1.165, 1.54) is 7.11 Å². The Balaban J connectivity index is 2.41. The number of hydrogen-bond donors (Lipinski definition) is 1. The van der Waals surface area contributed by atoms with Crippen LogP contribution >= 0.6 is 11.6 Å². The molecule has 1 N–H and O–H groups in total. The van der Waals surface area contributed by atoms with Gasteiger partial charge in [0.15, 0.2) is 11.5 Å². The number of hydrogen-bond acceptors (Lipinski definition) is 3. The van der Waals surface area contributed by atoms with Crippen molar-refractivity contribution in [2.75, 3.05) is 7.11 Å². The minimum absolute atomic E-state index is 0.111. The van der Waals surface area contributed by atoms with Gasteiger partial charge in [-0.2, -0.15) is 0 Å². The van der Waals surface area contributed by atoms with Crippen LogP contribution in [0.25, 0.3) is 21.8 Å². The molecule has 2 aromatic carbocycles. The number of aromatic nitrogens is 1. The Morgan fingerprint density at radius 3 is 2.72 bits per heavy atom. The highest BCUT2D eigenvalue weighted by Crippen LogP contribution is 2.35. The van der Waals surface area contributed by atoms with Gasteiger partial charge in [0.05, 0.1) is 18.1 Å². The van der Waals surface area contributed by atoms with E-state index in [1.807, 2.05) is 18.2 Å². The van der Waals surface area contributed by atoms with Gasteiger partial charge in [0.2, 0.25) is 0 Å². The number of rotatable bonds is 1. The maximum absolute atomic E-state index is 10.1. The molecule has 18 heavy (non-hydrogen) atoms. The molecule has 0 radical (unpaired) electrons. The first kappa shape index (κ1) is 11.1. The van der Waals surface area contributed by atoms with E-state index in [-0.39, 0.29) is 5.75 Å². The highest BCUT2D eigenvalue weighted by molar-refractivity contribution is 6.31. The molecule has 0 spiro atoms. The number of nitrogens with zero attached hydrogens (tertiary/aromatic N) is 1. The molecule has 0 aliphatic rings. The molecule has 0 fully saturated rings. The molecule has 0 aliphatic carbocycles. The highest BCUT2D eigenvalue weighted by atomic mass is 35.5. The number of halogens is 1. The van der Waals surface area contributed by atoms with Gasteiger partial charge in [-0.15, -0.1) is 0 Å². The van der Waals surface area contributed by atoms with Crippen LogP contribution in [0.5, 0.6) is 11.5 Å². The van der Waals surface area contributed by atoms with E-state index in [0.29, 0.717) is 21.7 Å². The molecule has 3 aromatic rings. The number of pyridine rings is 1. The van der Waals surface area contributed by atoms with Gasteiger partial charge in [-0.1, -0.05) is 17.7 Å². The molecule has 3 nitrogen and oxygen atoms in total. The fourth-order valence-corrected chi connectivity index (χ4v) is 2.17. The van der Waals surface area contributed by atoms with E-state index in [4.69, 9.17) is 16.3 Å². The van der Waals surface area contributed by atoms with Gasteiger partial charge in [-0.3, -0.25) is 0 Å². The Morgan fingerprint density at radius 1 is 1.11 bits per heavy atom. The largest absolute Gasteiger partial charge is 0.504 e. The van der Waals surface area contributed by atoms with Gasteiger partial charge in [0, 0.05) is 15.8 Å². The van der Waals surface area contributed by atoms with E-state index in [2.05, 4.69) is 4.98 Å². The van der Waals surface area contributed by atoms with E-state index in [9.17, 15) is 5.11 Å². The van der Waals surface area contributed by atoms with Crippen LogP contribution in [0.2, 0.25) is 5.02 Å². The van der Waals surface area contributed by atoms with E-state index < -0.39 is 0 Å². The Kier molecular flexibility index (Phi) is 2.49. The molecule has 0 amide bonds. The number of ether oxygens (including phenoxy) is 1. The van der Waals surface area contributed by atoms with Crippen LogP contribution in [0.3, 0.4) is 0 Å². The highest BCUT2D eigenvalue weighted by Gasteiger charge is 2.09. The van der Waals surface area contributed by atoms with Crippen molar-refractivity contribution in [3.05, 3.63) is 41.4 Å². The smallest absolute Gasteiger partial charge is 0.167 e. The summed E-state index contributed by atoms with van der Waals surface area (Å²) < 4.78 is 5.09. The molecule has 0 saturated carbocycles. The third-order valence-electron chi connectivity index (χ3n) is 2.91. The Bertz CT molecular complexity index is 755. The first-order valence-corrected chi connectivity index (χ1v) is 5.83. The molecule has 3 rings (SSSR count). The van der Waals surface area contributed by atoms with Crippen molar-refractivity contribution in [1.82, 2.24) is 4.98 Å². The summed E-state index contributed by atoms with van der Waals surface area (Å²) in [5.74, 6) is 0.553. The molecular formula is C14H10ClNO2. The molecule has 0 saturated heterocycles. The van der Waals surface area contributed by atoms with Gasteiger partial charge in [0.1, 0.15) is 0 Å². The Labute approximate surface area is 109 Å². The Hall–Kier alpha value is -2.00. The van der Waals surface area contributed by atoms with Gasteiger partial charge in [-0.25, -0.2) is 4.98 Å². The van der Waals surface area contributed by atoms with Crippen LogP contribution in [0, 0.1) is 0 Å².